The maximum atomic E-state index is 7.27. The molecular formula is C12H19N5. The topological polar surface area (TPSA) is 78.9 Å². The van der Waals surface area contributed by atoms with Gasteiger partial charge in [-0.25, -0.2) is 9.97 Å². The average molecular weight is 233 g/mol. The molecule has 1 fully saturated rings. The Morgan fingerprint density at radius 2 is 2.00 bits per heavy atom. The Balaban J connectivity index is 2.07. The van der Waals surface area contributed by atoms with E-state index in [0.29, 0.717) is 11.7 Å². The SMILES string of the molecule is CN(c1cnc(C(=N)N)cn1)C1CCCCC1. The standard InChI is InChI=1S/C12H19N5/c1-17(9-5-3-2-4-6-9)11-8-15-10(7-16-11)12(13)14/h7-9H,2-6H2,1H3,(H3,13,14). The minimum Gasteiger partial charge on any atom is -0.382 e. The fourth-order valence-corrected chi connectivity index (χ4v) is 2.30. The second-order valence-corrected chi connectivity index (χ2v) is 4.58. The highest BCUT2D eigenvalue weighted by atomic mass is 15.2. The van der Waals surface area contributed by atoms with E-state index in [1.165, 1.54) is 32.1 Å². The molecule has 0 spiro atoms. The smallest absolute Gasteiger partial charge is 0.147 e. The number of amidine groups is 1. The quantitative estimate of drug-likeness (QED) is 0.613. The van der Waals surface area contributed by atoms with Gasteiger partial charge in [0.15, 0.2) is 0 Å². The lowest BCUT2D eigenvalue weighted by atomic mass is 9.94. The zero-order valence-corrected chi connectivity index (χ0v) is 10.2. The third-order valence-corrected chi connectivity index (χ3v) is 3.40. The summed E-state index contributed by atoms with van der Waals surface area (Å²) in [4.78, 5) is 10.6. The molecule has 0 radical (unpaired) electrons. The molecule has 2 rings (SSSR count). The van der Waals surface area contributed by atoms with Crippen molar-refractivity contribution in [3.8, 4) is 0 Å². The second kappa shape index (κ2) is 5.12. The second-order valence-electron chi connectivity index (χ2n) is 4.58. The van der Waals surface area contributed by atoms with E-state index in [9.17, 15) is 0 Å². The first-order chi connectivity index (χ1) is 8.18. The number of nitrogens with zero attached hydrogens (tertiary/aromatic N) is 3. The predicted molar refractivity (Wildman–Crippen MR) is 68.3 cm³/mol. The van der Waals surface area contributed by atoms with Crippen LogP contribution in [0, 0.1) is 5.41 Å². The summed E-state index contributed by atoms with van der Waals surface area (Å²) in [6.45, 7) is 0. The molecule has 1 aromatic heterocycles. The van der Waals surface area contributed by atoms with Crippen molar-refractivity contribution >= 4 is 11.7 Å². The first-order valence-electron chi connectivity index (χ1n) is 6.08. The Morgan fingerprint density at radius 3 is 2.53 bits per heavy atom. The molecule has 5 nitrogen and oxygen atoms in total. The van der Waals surface area contributed by atoms with Crippen molar-refractivity contribution in [3.05, 3.63) is 18.1 Å². The number of nitrogens with two attached hydrogens (primary N) is 1. The maximum absolute atomic E-state index is 7.27. The maximum Gasteiger partial charge on any atom is 0.147 e. The molecule has 17 heavy (non-hydrogen) atoms. The lowest BCUT2D eigenvalue weighted by Gasteiger charge is -2.31. The lowest BCUT2D eigenvalue weighted by Crippen LogP contribution is -2.34. The highest BCUT2D eigenvalue weighted by Gasteiger charge is 2.19. The largest absolute Gasteiger partial charge is 0.382 e. The minimum absolute atomic E-state index is 0.0376. The lowest BCUT2D eigenvalue weighted by molar-refractivity contribution is 0.426. The van der Waals surface area contributed by atoms with E-state index in [4.69, 9.17) is 11.1 Å². The van der Waals surface area contributed by atoms with Crippen LogP contribution in [-0.4, -0.2) is 28.9 Å². The monoisotopic (exact) mass is 233 g/mol. The number of hydrogen-bond donors (Lipinski definition) is 2. The average Bonchev–Trinajstić information content (AvgIpc) is 2.39. The molecule has 0 atom stereocenters. The molecule has 1 aliphatic rings. The highest BCUT2D eigenvalue weighted by molar-refractivity contribution is 5.92. The van der Waals surface area contributed by atoms with E-state index < -0.39 is 0 Å². The Kier molecular flexibility index (Phi) is 3.56. The number of aromatic nitrogens is 2. The number of nitrogen functional groups attached to an aromatic ring is 1. The Morgan fingerprint density at radius 1 is 1.29 bits per heavy atom. The molecule has 0 amide bonds. The van der Waals surface area contributed by atoms with E-state index in [0.717, 1.165) is 5.82 Å². The van der Waals surface area contributed by atoms with Crippen molar-refractivity contribution in [2.45, 2.75) is 38.1 Å². The van der Waals surface area contributed by atoms with E-state index in [1.807, 2.05) is 0 Å². The summed E-state index contributed by atoms with van der Waals surface area (Å²) in [6, 6.07) is 0.571. The third kappa shape index (κ3) is 2.72. The van der Waals surface area contributed by atoms with Crippen LogP contribution < -0.4 is 10.6 Å². The van der Waals surface area contributed by atoms with E-state index >= 15 is 0 Å². The number of hydrogen-bond acceptors (Lipinski definition) is 4. The fraction of sp³-hybridized carbons (Fsp3) is 0.583. The molecule has 3 N–H and O–H groups in total. The van der Waals surface area contributed by atoms with Crippen molar-refractivity contribution in [1.82, 2.24) is 9.97 Å². The summed E-state index contributed by atoms with van der Waals surface area (Å²) in [6.07, 6.45) is 9.67. The molecule has 0 aromatic carbocycles. The van der Waals surface area contributed by atoms with Crippen LogP contribution in [0.4, 0.5) is 5.82 Å². The van der Waals surface area contributed by atoms with Crippen LogP contribution >= 0.6 is 0 Å². The van der Waals surface area contributed by atoms with Crippen molar-refractivity contribution in [1.29, 1.82) is 5.41 Å². The third-order valence-electron chi connectivity index (χ3n) is 3.40. The van der Waals surface area contributed by atoms with Gasteiger partial charge in [-0.1, -0.05) is 19.3 Å². The minimum atomic E-state index is -0.0376. The molecular weight excluding hydrogens is 214 g/mol. The van der Waals surface area contributed by atoms with Crippen LogP contribution in [0.3, 0.4) is 0 Å². The summed E-state index contributed by atoms with van der Waals surface area (Å²) in [5.41, 5.74) is 5.79. The van der Waals surface area contributed by atoms with Gasteiger partial charge < -0.3 is 10.6 Å². The van der Waals surface area contributed by atoms with Gasteiger partial charge in [-0.05, 0) is 12.8 Å². The van der Waals surface area contributed by atoms with Crippen molar-refractivity contribution in [2.75, 3.05) is 11.9 Å². The van der Waals surface area contributed by atoms with Crippen LogP contribution in [0.5, 0.6) is 0 Å². The summed E-state index contributed by atoms with van der Waals surface area (Å²) in [5, 5.41) is 7.27. The van der Waals surface area contributed by atoms with Crippen LogP contribution in [0.15, 0.2) is 12.4 Å². The zero-order valence-electron chi connectivity index (χ0n) is 10.2. The summed E-state index contributed by atoms with van der Waals surface area (Å²) < 4.78 is 0. The van der Waals surface area contributed by atoms with Gasteiger partial charge >= 0.3 is 0 Å². The zero-order chi connectivity index (χ0) is 12.3. The highest BCUT2D eigenvalue weighted by Crippen LogP contribution is 2.24. The first-order valence-corrected chi connectivity index (χ1v) is 6.08. The van der Waals surface area contributed by atoms with E-state index in [2.05, 4.69) is 21.9 Å². The molecule has 0 saturated heterocycles. The first kappa shape index (κ1) is 11.8. The van der Waals surface area contributed by atoms with Gasteiger partial charge in [-0.15, -0.1) is 0 Å². The Labute approximate surface area is 102 Å². The molecule has 5 heteroatoms. The van der Waals surface area contributed by atoms with Gasteiger partial charge in [0.25, 0.3) is 0 Å². The van der Waals surface area contributed by atoms with Crippen molar-refractivity contribution in [2.24, 2.45) is 5.73 Å². The molecule has 92 valence electrons. The van der Waals surface area contributed by atoms with Crippen molar-refractivity contribution < 1.29 is 0 Å². The van der Waals surface area contributed by atoms with E-state index in [-0.39, 0.29) is 5.84 Å². The fourth-order valence-electron chi connectivity index (χ4n) is 2.30. The van der Waals surface area contributed by atoms with Crippen LogP contribution in [0.1, 0.15) is 37.8 Å². The molecule has 1 saturated carbocycles. The van der Waals surface area contributed by atoms with Gasteiger partial charge in [0, 0.05) is 13.1 Å². The van der Waals surface area contributed by atoms with Gasteiger partial charge in [0.2, 0.25) is 0 Å². The molecule has 1 aliphatic carbocycles. The van der Waals surface area contributed by atoms with Crippen molar-refractivity contribution in [3.63, 3.8) is 0 Å². The van der Waals surface area contributed by atoms with Gasteiger partial charge in [0.1, 0.15) is 17.3 Å². The molecule has 1 heterocycles. The Hall–Kier alpha value is -1.65. The number of rotatable bonds is 3. The normalized spacial score (nSPS) is 16.8. The summed E-state index contributed by atoms with van der Waals surface area (Å²) in [5.74, 6) is 0.825. The van der Waals surface area contributed by atoms with Gasteiger partial charge in [0.05, 0.1) is 12.4 Å². The number of nitrogens with one attached hydrogen (secondary N) is 1. The molecule has 0 aliphatic heterocycles. The molecule has 0 unspecified atom stereocenters. The van der Waals surface area contributed by atoms with E-state index in [1.54, 1.807) is 12.4 Å². The van der Waals surface area contributed by atoms with Crippen LogP contribution in [0.2, 0.25) is 0 Å². The van der Waals surface area contributed by atoms with Gasteiger partial charge in [-0.3, -0.25) is 5.41 Å². The molecule has 0 bridgehead atoms. The van der Waals surface area contributed by atoms with Gasteiger partial charge in [-0.2, -0.15) is 0 Å². The van der Waals surface area contributed by atoms with Crippen LogP contribution in [-0.2, 0) is 0 Å². The molecule has 1 aromatic rings. The van der Waals surface area contributed by atoms with Crippen LogP contribution in [0.25, 0.3) is 0 Å². The summed E-state index contributed by atoms with van der Waals surface area (Å²) >= 11 is 0. The Bertz CT molecular complexity index is 380. The summed E-state index contributed by atoms with van der Waals surface area (Å²) in [7, 11) is 2.06. The number of anilines is 1. The predicted octanol–water partition coefficient (Wildman–Crippen LogP) is 1.53.